The molecule has 2 aromatic rings. The number of nitrogen functional groups attached to an aromatic ring is 1. The number of ketones is 1. The van der Waals surface area contributed by atoms with Gasteiger partial charge in [0.1, 0.15) is 0 Å². The van der Waals surface area contributed by atoms with Crippen molar-refractivity contribution in [3.8, 4) is 0 Å². The molecule has 132 valence electrons. The maximum Gasteiger partial charge on any atom is 0.227 e. The summed E-state index contributed by atoms with van der Waals surface area (Å²) in [5.74, 6) is 0.289. The van der Waals surface area contributed by atoms with Crippen molar-refractivity contribution in [1.82, 2.24) is 4.90 Å². The number of rotatable bonds is 3. The van der Waals surface area contributed by atoms with E-state index in [4.69, 9.17) is 5.73 Å². The molecule has 0 atom stereocenters. The normalized spacial score (nSPS) is 14.3. The highest BCUT2D eigenvalue weighted by molar-refractivity contribution is 7.14. The molecule has 0 saturated carbocycles. The monoisotopic (exact) mass is 356 g/mol. The SMILES string of the molecule is CC(C)(C)C(=O)c1cc2c(s1)CCN(C(=O)Cc1ccc(N)cc1)C2. The minimum atomic E-state index is -0.377. The van der Waals surface area contributed by atoms with Gasteiger partial charge >= 0.3 is 0 Å². The first-order chi connectivity index (χ1) is 11.7. The number of benzene rings is 1. The molecule has 4 nitrogen and oxygen atoms in total. The molecule has 5 heteroatoms. The number of anilines is 1. The Morgan fingerprint density at radius 2 is 1.88 bits per heavy atom. The first-order valence-corrected chi connectivity index (χ1v) is 9.34. The van der Waals surface area contributed by atoms with E-state index in [0.717, 1.165) is 22.4 Å². The Morgan fingerprint density at radius 3 is 2.52 bits per heavy atom. The van der Waals surface area contributed by atoms with E-state index in [1.165, 1.54) is 4.88 Å². The van der Waals surface area contributed by atoms with Crippen LogP contribution in [0.4, 0.5) is 5.69 Å². The van der Waals surface area contributed by atoms with Crippen LogP contribution in [0.5, 0.6) is 0 Å². The van der Waals surface area contributed by atoms with E-state index in [-0.39, 0.29) is 17.1 Å². The van der Waals surface area contributed by atoms with Gasteiger partial charge in [-0.2, -0.15) is 0 Å². The van der Waals surface area contributed by atoms with Crippen LogP contribution in [0, 0.1) is 5.41 Å². The van der Waals surface area contributed by atoms with Crippen LogP contribution in [0.15, 0.2) is 30.3 Å². The molecule has 0 saturated heterocycles. The molecule has 3 rings (SSSR count). The highest BCUT2D eigenvalue weighted by Crippen LogP contribution is 2.32. The number of hydrogen-bond donors (Lipinski definition) is 1. The highest BCUT2D eigenvalue weighted by Gasteiger charge is 2.28. The van der Waals surface area contributed by atoms with Crippen molar-refractivity contribution in [1.29, 1.82) is 0 Å². The molecule has 2 heterocycles. The summed E-state index contributed by atoms with van der Waals surface area (Å²) in [4.78, 5) is 29.0. The van der Waals surface area contributed by atoms with E-state index in [1.807, 2.05) is 56.0 Å². The van der Waals surface area contributed by atoms with Crippen LogP contribution in [0.25, 0.3) is 0 Å². The predicted octanol–water partition coefficient (Wildman–Crippen LogP) is 3.69. The summed E-state index contributed by atoms with van der Waals surface area (Å²) < 4.78 is 0. The highest BCUT2D eigenvalue weighted by atomic mass is 32.1. The Labute approximate surface area is 152 Å². The smallest absolute Gasteiger partial charge is 0.227 e. The Bertz CT molecular complexity index is 800. The lowest BCUT2D eigenvalue weighted by atomic mass is 9.90. The maximum absolute atomic E-state index is 12.6. The third-order valence-electron chi connectivity index (χ3n) is 4.46. The Hall–Kier alpha value is -2.14. The number of amides is 1. The molecule has 0 bridgehead atoms. The van der Waals surface area contributed by atoms with Crippen LogP contribution < -0.4 is 5.73 Å². The van der Waals surface area contributed by atoms with Gasteiger partial charge in [0.2, 0.25) is 5.91 Å². The van der Waals surface area contributed by atoms with Gasteiger partial charge < -0.3 is 10.6 Å². The molecule has 1 aromatic heterocycles. The van der Waals surface area contributed by atoms with Crippen molar-refractivity contribution >= 4 is 28.7 Å². The summed E-state index contributed by atoms with van der Waals surface area (Å²) in [6, 6.07) is 9.41. The molecular weight excluding hydrogens is 332 g/mol. The van der Waals surface area contributed by atoms with Gasteiger partial charge in [-0.1, -0.05) is 32.9 Å². The van der Waals surface area contributed by atoms with E-state index in [1.54, 1.807) is 11.3 Å². The molecule has 0 radical (unpaired) electrons. The minimum Gasteiger partial charge on any atom is -0.399 e. The van der Waals surface area contributed by atoms with Crippen LogP contribution >= 0.6 is 11.3 Å². The number of carbonyl (C=O) groups excluding carboxylic acids is 2. The standard InChI is InChI=1S/C20H24N2O2S/c1-20(2,3)19(24)17-11-14-12-22(9-8-16(14)25-17)18(23)10-13-4-6-15(21)7-5-13/h4-7,11H,8-10,12,21H2,1-3H3. The quantitative estimate of drug-likeness (QED) is 0.674. The largest absolute Gasteiger partial charge is 0.399 e. The van der Waals surface area contributed by atoms with E-state index in [0.29, 0.717) is 25.2 Å². The van der Waals surface area contributed by atoms with Crippen LogP contribution in [-0.2, 0) is 24.2 Å². The lowest BCUT2D eigenvalue weighted by Gasteiger charge is -2.27. The minimum absolute atomic E-state index is 0.116. The third-order valence-corrected chi connectivity index (χ3v) is 5.70. The van der Waals surface area contributed by atoms with Crippen molar-refractivity contribution in [2.24, 2.45) is 5.41 Å². The Morgan fingerprint density at radius 1 is 1.20 bits per heavy atom. The van der Waals surface area contributed by atoms with Crippen LogP contribution in [0.3, 0.4) is 0 Å². The summed E-state index contributed by atoms with van der Waals surface area (Å²) in [7, 11) is 0. The van der Waals surface area contributed by atoms with Crippen LogP contribution in [0.2, 0.25) is 0 Å². The first-order valence-electron chi connectivity index (χ1n) is 8.52. The maximum atomic E-state index is 12.6. The molecule has 1 aliphatic heterocycles. The van der Waals surface area contributed by atoms with Gasteiger partial charge in [0.15, 0.2) is 5.78 Å². The molecule has 0 spiro atoms. The summed E-state index contributed by atoms with van der Waals surface area (Å²) in [6.07, 6.45) is 1.21. The fraction of sp³-hybridized carbons (Fsp3) is 0.400. The van der Waals surface area contributed by atoms with Gasteiger partial charge in [-0.25, -0.2) is 0 Å². The van der Waals surface area contributed by atoms with Gasteiger partial charge in [0.25, 0.3) is 0 Å². The molecule has 2 N–H and O–H groups in total. The van der Waals surface area contributed by atoms with E-state index in [9.17, 15) is 9.59 Å². The average Bonchev–Trinajstić information content (AvgIpc) is 2.98. The number of hydrogen-bond acceptors (Lipinski definition) is 4. The number of fused-ring (bicyclic) bond motifs is 1. The third kappa shape index (κ3) is 3.93. The zero-order valence-corrected chi connectivity index (χ0v) is 15.8. The molecule has 0 aliphatic carbocycles. The van der Waals surface area contributed by atoms with Crippen molar-refractivity contribution in [3.05, 3.63) is 51.2 Å². The lowest BCUT2D eigenvalue weighted by molar-refractivity contribution is -0.131. The summed E-state index contributed by atoms with van der Waals surface area (Å²) in [5.41, 5.74) is 8.11. The zero-order valence-electron chi connectivity index (χ0n) is 15.0. The van der Waals surface area contributed by atoms with Crippen LogP contribution in [-0.4, -0.2) is 23.1 Å². The topological polar surface area (TPSA) is 63.4 Å². The molecule has 1 amide bonds. The predicted molar refractivity (Wildman–Crippen MR) is 102 cm³/mol. The number of carbonyl (C=O) groups is 2. The molecule has 0 fully saturated rings. The molecule has 1 aromatic carbocycles. The number of nitrogens with two attached hydrogens (primary N) is 1. The first kappa shape index (κ1) is 17.7. The zero-order chi connectivity index (χ0) is 18.2. The number of nitrogens with zero attached hydrogens (tertiary/aromatic N) is 1. The fourth-order valence-corrected chi connectivity index (χ4v) is 4.26. The van der Waals surface area contributed by atoms with Gasteiger partial charge in [-0.15, -0.1) is 11.3 Å². The van der Waals surface area contributed by atoms with Gasteiger partial charge in [0.05, 0.1) is 11.3 Å². The van der Waals surface area contributed by atoms with E-state index in [2.05, 4.69) is 0 Å². The molecule has 25 heavy (non-hydrogen) atoms. The second-order valence-corrected chi connectivity index (χ2v) is 8.76. The second-order valence-electron chi connectivity index (χ2n) is 7.62. The Balaban J connectivity index is 1.70. The lowest BCUT2D eigenvalue weighted by Crippen LogP contribution is -2.36. The van der Waals surface area contributed by atoms with Crippen molar-refractivity contribution in [2.75, 3.05) is 12.3 Å². The van der Waals surface area contributed by atoms with E-state index < -0.39 is 0 Å². The average molecular weight is 356 g/mol. The Kier molecular flexibility index (Phi) is 4.69. The van der Waals surface area contributed by atoms with Gasteiger partial charge in [0, 0.05) is 29.1 Å². The molecule has 0 unspecified atom stereocenters. The number of thiophene rings is 1. The van der Waals surface area contributed by atoms with E-state index >= 15 is 0 Å². The van der Waals surface area contributed by atoms with Crippen LogP contribution in [0.1, 0.15) is 46.4 Å². The van der Waals surface area contributed by atoms with Gasteiger partial charge in [-0.05, 0) is 35.7 Å². The van der Waals surface area contributed by atoms with Crippen molar-refractivity contribution < 1.29 is 9.59 Å². The number of Topliss-reactive ketones (excluding diaryl/α,β-unsaturated/α-hetero) is 1. The summed E-state index contributed by atoms with van der Waals surface area (Å²) in [5, 5.41) is 0. The van der Waals surface area contributed by atoms with Crippen molar-refractivity contribution in [3.63, 3.8) is 0 Å². The second kappa shape index (κ2) is 6.64. The van der Waals surface area contributed by atoms with Gasteiger partial charge in [-0.3, -0.25) is 9.59 Å². The molecular formula is C20H24N2O2S. The summed E-state index contributed by atoms with van der Waals surface area (Å²) in [6.45, 7) is 7.13. The van der Waals surface area contributed by atoms with Crippen molar-refractivity contribution in [2.45, 2.75) is 40.2 Å². The summed E-state index contributed by atoms with van der Waals surface area (Å²) >= 11 is 1.59. The molecule has 1 aliphatic rings. The fourth-order valence-electron chi connectivity index (χ4n) is 2.95.